The Labute approximate surface area is 181 Å². The molecule has 31 heavy (non-hydrogen) atoms. The molecule has 1 heterocycles. The maximum absolute atomic E-state index is 13.2. The Kier molecular flexibility index (Phi) is 5.75. The van der Waals surface area contributed by atoms with E-state index in [9.17, 15) is 22.8 Å². The standard InChI is InChI=1S/C23H20F3NO3S/c24-23(25,26)21(29)27-22(19-14-16-10-4-5-11-17(16)31-19)13-7-6-12-18(22)30-20(28)15-8-2-1-3-9-15/h1-5,8-11,14,18H,6-7,12-13H2,(H,27,29)/t18-,22+/m0/s1. The second-order valence-corrected chi connectivity index (χ2v) is 8.66. The lowest BCUT2D eigenvalue weighted by atomic mass is 9.77. The van der Waals surface area contributed by atoms with E-state index < -0.39 is 29.7 Å². The van der Waals surface area contributed by atoms with Gasteiger partial charge in [-0.05, 0) is 48.9 Å². The van der Waals surface area contributed by atoms with Gasteiger partial charge in [0, 0.05) is 9.58 Å². The van der Waals surface area contributed by atoms with E-state index in [2.05, 4.69) is 5.32 Å². The van der Waals surface area contributed by atoms with E-state index in [1.807, 2.05) is 24.3 Å². The summed E-state index contributed by atoms with van der Waals surface area (Å²) in [7, 11) is 0. The number of amides is 1. The summed E-state index contributed by atoms with van der Waals surface area (Å²) in [4.78, 5) is 25.3. The number of ether oxygens (including phenoxy) is 1. The smallest absolute Gasteiger partial charge is 0.456 e. The topological polar surface area (TPSA) is 55.4 Å². The van der Waals surface area contributed by atoms with Crippen molar-refractivity contribution in [3.63, 3.8) is 0 Å². The number of rotatable bonds is 4. The van der Waals surface area contributed by atoms with Crippen molar-refractivity contribution in [2.75, 3.05) is 0 Å². The molecule has 1 N–H and O–H groups in total. The number of carbonyl (C=O) groups excluding carboxylic acids is 2. The van der Waals surface area contributed by atoms with Crippen LogP contribution in [-0.4, -0.2) is 24.2 Å². The highest BCUT2D eigenvalue weighted by atomic mass is 32.1. The first-order valence-electron chi connectivity index (χ1n) is 9.94. The molecule has 1 amide bonds. The zero-order valence-electron chi connectivity index (χ0n) is 16.4. The molecule has 3 aromatic rings. The lowest BCUT2D eigenvalue weighted by molar-refractivity contribution is -0.178. The fraction of sp³-hybridized carbons (Fsp3) is 0.304. The Balaban J connectivity index is 1.76. The molecule has 0 radical (unpaired) electrons. The van der Waals surface area contributed by atoms with E-state index in [4.69, 9.17) is 4.74 Å². The summed E-state index contributed by atoms with van der Waals surface area (Å²) in [5.74, 6) is -2.66. The van der Waals surface area contributed by atoms with Crippen molar-refractivity contribution < 1.29 is 27.5 Å². The van der Waals surface area contributed by atoms with Gasteiger partial charge in [-0.2, -0.15) is 13.2 Å². The first-order valence-corrected chi connectivity index (χ1v) is 10.8. The number of hydrogen-bond donors (Lipinski definition) is 1. The van der Waals surface area contributed by atoms with Crippen LogP contribution < -0.4 is 5.32 Å². The van der Waals surface area contributed by atoms with Crippen LogP contribution in [0.15, 0.2) is 60.7 Å². The van der Waals surface area contributed by atoms with Crippen molar-refractivity contribution in [3.8, 4) is 0 Å². The molecule has 0 aliphatic heterocycles. The maximum atomic E-state index is 13.2. The van der Waals surface area contributed by atoms with Crippen molar-refractivity contribution in [2.24, 2.45) is 0 Å². The fourth-order valence-electron chi connectivity index (χ4n) is 4.03. The first kappa shape index (κ1) is 21.4. The van der Waals surface area contributed by atoms with E-state index >= 15 is 0 Å². The second kappa shape index (κ2) is 8.34. The average molecular weight is 447 g/mol. The molecule has 0 unspecified atom stereocenters. The number of fused-ring (bicyclic) bond motifs is 1. The van der Waals surface area contributed by atoms with Crippen LogP contribution in [0.4, 0.5) is 13.2 Å². The third-order valence-corrected chi connectivity index (χ3v) is 6.85. The van der Waals surface area contributed by atoms with Gasteiger partial charge in [-0.1, -0.05) is 42.8 Å². The number of benzene rings is 2. The van der Waals surface area contributed by atoms with Crippen LogP contribution in [0.1, 0.15) is 40.9 Å². The molecule has 4 nitrogen and oxygen atoms in total. The third-order valence-electron chi connectivity index (χ3n) is 5.56. The van der Waals surface area contributed by atoms with Gasteiger partial charge in [-0.25, -0.2) is 4.79 Å². The fourth-order valence-corrected chi connectivity index (χ4v) is 5.31. The molecular formula is C23H20F3NO3S. The molecule has 0 bridgehead atoms. The summed E-state index contributed by atoms with van der Waals surface area (Å²) in [6.07, 6.45) is -4.09. The van der Waals surface area contributed by atoms with Gasteiger partial charge >= 0.3 is 18.1 Å². The van der Waals surface area contributed by atoms with Crippen LogP contribution in [0.3, 0.4) is 0 Å². The van der Waals surface area contributed by atoms with Gasteiger partial charge in [0.05, 0.1) is 5.56 Å². The SMILES string of the molecule is O=C(O[C@H]1CCCC[C@]1(NC(=O)C(F)(F)F)c1cc2ccccc2s1)c1ccccc1. The molecule has 1 saturated carbocycles. The molecule has 4 rings (SSSR count). The predicted octanol–water partition coefficient (Wildman–Crippen LogP) is 5.57. The average Bonchev–Trinajstić information content (AvgIpc) is 3.20. The Morgan fingerprint density at radius 2 is 1.74 bits per heavy atom. The van der Waals surface area contributed by atoms with Crippen LogP contribution >= 0.6 is 11.3 Å². The van der Waals surface area contributed by atoms with Gasteiger partial charge in [0.15, 0.2) is 0 Å². The van der Waals surface area contributed by atoms with Crippen LogP contribution in [0, 0.1) is 0 Å². The number of thiophene rings is 1. The summed E-state index contributed by atoms with van der Waals surface area (Å²) in [5, 5.41) is 3.09. The molecular weight excluding hydrogens is 427 g/mol. The molecule has 162 valence electrons. The highest BCUT2D eigenvalue weighted by Crippen LogP contribution is 2.44. The summed E-state index contributed by atoms with van der Waals surface area (Å²) in [6, 6.07) is 17.5. The van der Waals surface area contributed by atoms with Crippen LogP contribution in [0.25, 0.3) is 10.1 Å². The number of esters is 1. The van der Waals surface area contributed by atoms with Crippen LogP contribution in [0.5, 0.6) is 0 Å². The minimum Gasteiger partial charge on any atom is -0.456 e. The Morgan fingerprint density at radius 1 is 1.03 bits per heavy atom. The summed E-state index contributed by atoms with van der Waals surface area (Å²) in [6.45, 7) is 0. The van der Waals surface area contributed by atoms with Gasteiger partial charge < -0.3 is 10.1 Å². The molecule has 8 heteroatoms. The normalized spacial score (nSPS) is 21.6. The first-order chi connectivity index (χ1) is 14.8. The van der Waals surface area contributed by atoms with E-state index in [0.717, 1.165) is 10.1 Å². The molecule has 1 aliphatic carbocycles. The zero-order valence-corrected chi connectivity index (χ0v) is 17.3. The van der Waals surface area contributed by atoms with Crippen molar-refractivity contribution >= 4 is 33.3 Å². The number of hydrogen-bond acceptors (Lipinski definition) is 4. The van der Waals surface area contributed by atoms with Gasteiger partial charge in [0.1, 0.15) is 11.6 Å². The largest absolute Gasteiger partial charge is 0.471 e. The third kappa shape index (κ3) is 4.30. The predicted molar refractivity (Wildman–Crippen MR) is 112 cm³/mol. The van der Waals surface area contributed by atoms with E-state index in [1.165, 1.54) is 11.3 Å². The van der Waals surface area contributed by atoms with E-state index in [0.29, 0.717) is 29.7 Å². The van der Waals surface area contributed by atoms with Crippen molar-refractivity contribution in [1.82, 2.24) is 5.32 Å². The summed E-state index contributed by atoms with van der Waals surface area (Å²) >= 11 is 1.31. The molecule has 1 aliphatic rings. The minimum atomic E-state index is -5.05. The van der Waals surface area contributed by atoms with E-state index in [-0.39, 0.29) is 6.42 Å². The molecule has 0 saturated heterocycles. The highest BCUT2D eigenvalue weighted by molar-refractivity contribution is 7.19. The molecule has 0 spiro atoms. The summed E-state index contributed by atoms with van der Waals surface area (Å²) < 4.78 is 46.3. The van der Waals surface area contributed by atoms with Gasteiger partial charge in [0.25, 0.3) is 0 Å². The quantitative estimate of drug-likeness (QED) is 0.532. The van der Waals surface area contributed by atoms with Crippen molar-refractivity contribution in [3.05, 3.63) is 71.1 Å². The molecule has 2 aromatic carbocycles. The molecule has 1 fully saturated rings. The molecule has 1 aromatic heterocycles. The summed E-state index contributed by atoms with van der Waals surface area (Å²) in [5.41, 5.74) is -1.14. The van der Waals surface area contributed by atoms with Gasteiger partial charge in [-0.3, -0.25) is 4.79 Å². The zero-order chi connectivity index (χ0) is 22.1. The van der Waals surface area contributed by atoms with Crippen LogP contribution in [0.2, 0.25) is 0 Å². The van der Waals surface area contributed by atoms with Gasteiger partial charge in [-0.15, -0.1) is 11.3 Å². The van der Waals surface area contributed by atoms with Crippen molar-refractivity contribution in [2.45, 2.75) is 43.5 Å². The van der Waals surface area contributed by atoms with Crippen molar-refractivity contribution in [1.29, 1.82) is 0 Å². The Hall–Kier alpha value is -2.87. The van der Waals surface area contributed by atoms with Crippen LogP contribution in [-0.2, 0) is 15.1 Å². The lowest BCUT2D eigenvalue weighted by Gasteiger charge is -2.43. The van der Waals surface area contributed by atoms with Gasteiger partial charge in [0.2, 0.25) is 0 Å². The van der Waals surface area contributed by atoms with E-state index in [1.54, 1.807) is 36.4 Å². The minimum absolute atomic E-state index is 0.244. The lowest BCUT2D eigenvalue weighted by Crippen LogP contribution is -2.59. The molecule has 2 atom stereocenters. The number of nitrogens with one attached hydrogen (secondary N) is 1. The monoisotopic (exact) mass is 447 g/mol. The second-order valence-electron chi connectivity index (χ2n) is 7.58. The Morgan fingerprint density at radius 3 is 2.45 bits per heavy atom. The maximum Gasteiger partial charge on any atom is 0.471 e. The number of halogens is 3. The Bertz CT molecular complexity index is 1060. The number of carbonyl (C=O) groups is 2. The number of alkyl halides is 3. The highest BCUT2D eigenvalue weighted by Gasteiger charge is 2.51.